The maximum absolute atomic E-state index is 14.0. The third-order valence-corrected chi connectivity index (χ3v) is 3.89. The first-order valence-electron chi connectivity index (χ1n) is 6.15. The molecule has 0 saturated heterocycles. The number of hydrogen-bond acceptors (Lipinski definition) is 2. The van der Waals surface area contributed by atoms with Gasteiger partial charge in [0.15, 0.2) is 0 Å². The molecule has 2 nitrogen and oxygen atoms in total. The fourth-order valence-electron chi connectivity index (χ4n) is 1.97. The van der Waals surface area contributed by atoms with E-state index in [1.807, 2.05) is 25.1 Å². The Morgan fingerprint density at radius 3 is 2.35 bits per heavy atom. The van der Waals surface area contributed by atoms with Gasteiger partial charge in [0.1, 0.15) is 11.6 Å². The maximum atomic E-state index is 14.0. The van der Waals surface area contributed by atoms with Gasteiger partial charge in [-0.25, -0.2) is 4.39 Å². The Hall–Kier alpha value is -0.910. The minimum absolute atomic E-state index is 0.330. The average Bonchev–Trinajstić information content (AvgIpc) is 2.43. The zero-order chi connectivity index (χ0) is 14.7. The molecule has 0 aliphatic rings. The predicted molar refractivity (Wildman–Crippen MR) is 85.4 cm³/mol. The van der Waals surface area contributed by atoms with E-state index in [0.29, 0.717) is 17.9 Å². The monoisotopic (exact) mass is 401 g/mol. The molecule has 1 unspecified atom stereocenters. The third kappa shape index (κ3) is 3.40. The number of hydrogen-bond donors (Lipinski definition) is 1. The highest BCUT2D eigenvalue weighted by molar-refractivity contribution is 9.10. The Labute approximate surface area is 134 Å². The van der Waals surface area contributed by atoms with Crippen molar-refractivity contribution in [3.8, 4) is 5.75 Å². The fourth-order valence-corrected chi connectivity index (χ4v) is 2.73. The SMILES string of the molecule is CCOc1ccc(Br)cc1C(N)c1cc(Br)ccc1F. The van der Waals surface area contributed by atoms with Gasteiger partial charge >= 0.3 is 0 Å². The van der Waals surface area contributed by atoms with Crippen molar-refractivity contribution in [1.29, 1.82) is 0 Å². The number of halogens is 3. The van der Waals surface area contributed by atoms with Crippen LogP contribution in [0, 0.1) is 5.82 Å². The minimum Gasteiger partial charge on any atom is -0.494 e. The molecule has 0 saturated carbocycles. The molecule has 0 spiro atoms. The lowest BCUT2D eigenvalue weighted by Gasteiger charge is -2.18. The van der Waals surface area contributed by atoms with Crippen LogP contribution < -0.4 is 10.5 Å². The van der Waals surface area contributed by atoms with Crippen molar-refractivity contribution in [1.82, 2.24) is 0 Å². The van der Waals surface area contributed by atoms with E-state index in [1.165, 1.54) is 6.07 Å². The van der Waals surface area contributed by atoms with Crippen molar-refractivity contribution in [2.24, 2.45) is 5.73 Å². The first-order valence-corrected chi connectivity index (χ1v) is 7.74. The van der Waals surface area contributed by atoms with E-state index in [0.717, 1.165) is 14.5 Å². The highest BCUT2D eigenvalue weighted by Crippen LogP contribution is 2.33. The molecule has 0 amide bonds. The molecule has 0 bridgehead atoms. The Morgan fingerprint density at radius 2 is 1.70 bits per heavy atom. The molecule has 0 radical (unpaired) electrons. The largest absolute Gasteiger partial charge is 0.494 e. The van der Waals surface area contributed by atoms with Crippen LogP contribution in [0.1, 0.15) is 24.1 Å². The van der Waals surface area contributed by atoms with Gasteiger partial charge in [0.25, 0.3) is 0 Å². The summed E-state index contributed by atoms with van der Waals surface area (Å²) in [7, 11) is 0. The summed E-state index contributed by atoms with van der Waals surface area (Å²) in [5.74, 6) is 0.339. The minimum atomic E-state index is -0.591. The first kappa shape index (κ1) is 15.5. The van der Waals surface area contributed by atoms with Crippen molar-refractivity contribution in [3.05, 3.63) is 62.3 Å². The van der Waals surface area contributed by atoms with Crippen LogP contribution >= 0.6 is 31.9 Å². The zero-order valence-corrected chi connectivity index (χ0v) is 14.0. The van der Waals surface area contributed by atoms with E-state index in [4.69, 9.17) is 10.5 Å². The summed E-state index contributed by atoms with van der Waals surface area (Å²) >= 11 is 6.75. The van der Waals surface area contributed by atoms with E-state index in [9.17, 15) is 4.39 Å². The van der Waals surface area contributed by atoms with Gasteiger partial charge in [-0.3, -0.25) is 0 Å². The lowest BCUT2D eigenvalue weighted by atomic mass is 9.98. The lowest BCUT2D eigenvalue weighted by molar-refractivity contribution is 0.335. The van der Waals surface area contributed by atoms with Crippen LogP contribution in [0.15, 0.2) is 45.3 Å². The lowest BCUT2D eigenvalue weighted by Crippen LogP contribution is -2.15. The van der Waals surface area contributed by atoms with E-state index >= 15 is 0 Å². The van der Waals surface area contributed by atoms with Gasteiger partial charge in [0.2, 0.25) is 0 Å². The Balaban J connectivity index is 2.49. The summed E-state index contributed by atoms with van der Waals surface area (Å²) in [6.07, 6.45) is 0. The summed E-state index contributed by atoms with van der Waals surface area (Å²) in [6.45, 7) is 2.43. The second kappa shape index (κ2) is 6.70. The van der Waals surface area contributed by atoms with Crippen LogP contribution in [0.2, 0.25) is 0 Å². The standard InChI is InChI=1S/C15H14Br2FNO/c1-2-20-14-6-4-10(17)8-12(14)15(19)11-7-9(16)3-5-13(11)18/h3-8,15H,2,19H2,1H3. The summed E-state index contributed by atoms with van der Waals surface area (Å²) in [5, 5.41) is 0. The van der Waals surface area contributed by atoms with Gasteiger partial charge in [0, 0.05) is 20.1 Å². The van der Waals surface area contributed by atoms with E-state index in [1.54, 1.807) is 12.1 Å². The highest BCUT2D eigenvalue weighted by Gasteiger charge is 2.18. The summed E-state index contributed by atoms with van der Waals surface area (Å²) < 4.78 is 21.2. The van der Waals surface area contributed by atoms with Gasteiger partial charge < -0.3 is 10.5 Å². The van der Waals surface area contributed by atoms with Gasteiger partial charge in [0.05, 0.1) is 12.6 Å². The predicted octanol–water partition coefficient (Wildman–Crippen LogP) is 4.80. The van der Waals surface area contributed by atoms with Gasteiger partial charge in [-0.2, -0.15) is 0 Å². The van der Waals surface area contributed by atoms with Crippen LogP contribution in [0.5, 0.6) is 5.75 Å². The zero-order valence-electron chi connectivity index (χ0n) is 10.9. The first-order chi connectivity index (χ1) is 9.52. The second-order valence-electron chi connectivity index (χ2n) is 4.26. The van der Waals surface area contributed by atoms with E-state index in [2.05, 4.69) is 31.9 Å². The van der Waals surface area contributed by atoms with Crippen molar-refractivity contribution in [3.63, 3.8) is 0 Å². The van der Waals surface area contributed by atoms with Crippen LogP contribution in [-0.2, 0) is 0 Å². The second-order valence-corrected chi connectivity index (χ2v) is 6.09. The molecule has 2 N–H and O–H groups in total. The Morgan fingerprint density at radius 1 is 1.10 bits per heavy atom. The molecule has 2 rings (SSSR count). The molecule has 2 aromatic rings. The number of benzene rings is 2. The van der Waals surface area contributed by atoms with Crippen molar-refractivity contribution >= 4 is 31.9 Å². The molecular formula is C15H14Br2FNO. The van der Waals surface area contributed by atoms with Crippen molar-refractivity contribution in [2.75, 3.05) is 6.61 Å². The maximum Gasteiger partial charge on any atom is 0.128 e. The van der Waals surface area contributed by atoms with Crippen molar-refractivity contribution in [2.45, 2.75) is 13.0 Å². The Bertz CT molecular complexity index is 619. The topological polar surface area (TPSA) is 35.2 Å². The molecule has 0 aromatic heterocycles. The van der Waals surface area contributed by atoms with Gasteiger partial charge in [-0.15, -0.1) is 0 Å². The normalized spacial score (nSPS) is 12.2. The number of rotatable bonds is 4. The summed E-state index contributed by atoms with van der Waals surface area (Å²) in [4.78, 5) is 0. The molecule has 0 aliphatic heterocycles. The quantitative estimate of drug-likeness (QED) is 0.797. The summed E-state index contributed by atoms with van der Waals surface area (Å²) in [6, 6.07) is 9.71. The smallest absolute Gasteiger partial charge is 0.128 e. The van der Waals surface area contributed by atoms with Gasteiger partial charge in [-0.05, 0) is 43.3 Å². The van der Waals surface area contributed by atoms with Crippen molar-refractivity contribution < 1.29 is 9.13 Å². The van der Waals surface area contributed by atoms with Crippen LogP contribution in [0.3, 0.4) is 0 Å². The Kier molecular flexibility index (Phi) is 5.18. The molecular weight excluding hydrogens is 389 g/mol. The third-order valence-electron chi connectivity index (χ3n) is 2.90. The van der Waals surface area contributed by atoms with Crippen LogP contribution in [0.4, 0.5) is 4.39 Å². The average molecular weight is 403 g/mol. The molecule has 0 fully saturated rings. The highest BCUT2D eigenvalue weighted by atomic mass is 79.9. The van der Waals surface area contributed by atoms with E-state index < -0.39 is 6.04 Å². The fraction of sp³-hybridized carbons (Fsp3) is 0.200. The summed E-state index contributed by atoms with van der Waals surface area (Å²) in [5.41, 5.74) is 7.40. The molecule has 0 heterocycles. The number of ether oxygens (including phenoxy) is 1. The molecule has 2 aromatic carbocycles. The molecule has 0 aliphatic carbocycles. The van der Waals surface area contributed by atoms with Gasteiger partial charge in [-0.1, -0.05) is 31.9 Å². The number of nitrogens with two attached hydrogens (primary N) is 1. The molecule has 1 atom stereocenters. The molecule has 5 heteroatoms. The molecule has 20 heavy (non-hydrogen) atoms. The van der Waals surface area contributed by atoms with Crippen LogP contribution in [0.25, 0.3) is 0 Å². The van der Waals surface area contributed by atoms with Crippen LogP contribution in [-0.4, -0.2) is 6.61 Å². The molecule has 106 valence electrons. The van der Waals surface area contributed by atoms with E-state index in [-0.39, 0.29) is 5.82 Å².